The number of ether oxygens (including phenoxy) is 2. The first-order valence-electron chi connectivity index (χ1n) is 9.30. The Balaban J connectivity index is 1.81. The van der Waals surface area contributed by atoms with Gasteiger partial charge in [0.15, 0.2) is 0 Å². The van der Waals surface area contributed by atoms with E-state index in [0.717, 1.165) is 33.0 Å². The average Bonchev–Trinajstić information content (AvgIpc) is 3.28. The minimum Gasteiger partial charge on any atom is -0.466 e. The standard InChI is InChI=1S/C20H20BrFIN3O3S/c1-28-20(27)16-15(11-26-5-7-29-8-6-26)25-18(19-24-4-9-30-19)23-17(16)13-3-2-12(22)10-14(13)21/h2-4,9-10,17,25H,5-8,11H2,1H3. The van der Waals surface area contributed by atoms with E-state index in [0.29, 0.717) is 29.8 Å². The number of methoxy groups -OCH3 is 1. The summed E-state index contributed by atoms with van der Waals surface area (Å²) in [6.45, 7) is 3.52. The van der Waals surface area contributed by atoms with Crippen molar-refractivity contribution in [2.24, 2.45) is 0 Å². The summed E-state index contributed by atoms with van der Waals surface area (Å²) in [4.78, 5) is 19.7. The van der Waals surface area contributed by atoms with Gasteiger partial charge in [-0.15, -0.1) is 11.3 Å². The Bertz CT molecular complexity index is 993. The van der Waals surface area contributed by atoms with E-state index in [1.807, 2.05) is 5.38 Å². The quantitative estimate of drug-likeness (QED) is 0.318. The Hall–Kier alpha value is -1.21. The molecule has 6 nitrogen and oxygen atoms in total. The van der Waals surface area contributed by atoms with Gasteiger partial charge in [0, 0.05) is 41.4 Å². The van der Waals surface area contributed by atoms with Gasteiger partial charge in [-0.3, -0.25) is 4.90 Å². The molecule has 1 saturated heterocycles. The SMILES string of the molecule is COC(=O)C1=C(CN2CCOCC2)NC(c2nccs2)=IC1c1ccc(F)cc1Br. The number of halogens is 3. The first-order valence-corrected chi connectivity index (χ1v) is 13.3. The van der Waals surface area contributed by atoms with Crippen LogP contribution in [-0.4, -0.2) is 59.4 Å². The molecule has 0 aliphatic carbocycles. The van der Waals surface area contributed by atoms with Gasteiger partial charge in [0.1, 0.15) is 14.5 Å². The number of morpholine rings is 1. The first kappa shape index (κ1) is 22.0. The Kier molecular flexibility index (Phi) is 7.29. The largest absolute Gasteiger partial charge is 0.466 e. The highest BCUT2D eigenvalue weighted by atomic mass is 127. The van der Waals surface area contributed by atoms with Crippen molar-refractivity contribution in [2.75, 3.05) is 40.0 Å². The van der Waals surface area contributed by atoms with E-state index in [4.69, 9.17) is 9.47 Å². The lowest BCUT2D eigenvalue weighted by atomic mass is 10.0. The molecule has 30 heavy (non-hydrogen) atoms. The summed E-state index contributed by atoms with van der Waals surface area (Å²) >= 11 is 4.36. The van der Waals surface area contributed by atoms with Crippen molar-refractivity contribution in [3.8, 4) is 0 Å². The lowest BCUT2D eigenvalue weighted by molar-refractivity contribution is -0.136. The number of thiazole rings is 1. The van der Waals surface area contributed by atoms with E-state index < -0.39 is 20.7 Å². The van der Waals surface area contributed by atoms with Crippen LogP contribution in [0.15, 0.2) is 45.5 Å². The molecular formula is C20H20BrFIN3O3S. The number of nitrogens with one attached hydrogen (secondary N) is 1. The molecule has 2 aliphatic heterocycles. The summed E-state index contributed by atoms with van der Waals surface area (Å²) in [5.41, 5.74) is 2.32. The van der Waals surface area contributed by atoms with Crippen molar-refractivity contribution in [2.45, 2.75) is 3.92 Å². The van der Waals surface area contributed by atoms with Gasteiger partial charge in [-0.2, -0.15) is 0 Å². The van der Waals surface area contributed by atoms with Gasteiger partial charge >= 0.3 is 5.97 Å². The fourth-order valence-corrected chi connectivity index (χ4v) is 8.89. The molecule has 2 aromatic rings. The fourth-order valence-electron chi connectivity index (χ4n) is 3.34. The molecule has 0 radical (unpaired) electrons. The zero-order valence-electron chi connectivity index (χ0n) is 16.2. The molecule has 1 atom stereocenters. The fraction of sp³-hybridized carbons (Fsp3) is 0.350. The number of carbonyl (C=O) groups excluding carboxylic acids is 1. The molecule has 10 heteroatoms. The van der Waals surface area contributed by atoms with Gasteiger partial charge in [-0.05, 0) is 17.7 Å². The molecule has 4 rings (SSSR count). The number of rotatable bonds is 5. The highest BCUT2D eigenvalue weighted by Gasteiger charge is 2.33. The van der Waals surface area contributed by atoms with Crippen LogP contribution in [0.5, 0.6) is 0 Å². The van der Waals surface area contributed by atoms with Gasteiger partial charge in [-0.1, -0.05) is 42.7 Å². The number of hydrogen-bond donors (Lipinski definition) is 1. The summed E-state index contributed by atoms with van der Waals surface area (Å²) in [6.07, 6.45) is 1.78. The molecule has 1 fully saturated rings. The van der Waals surface area contributed by atoms with Crippen LogP contribution < -0.4 is 5.32 Å². The molecule has 0 spiro atoms. The van der Waals surface area contributed by atoms with Crippen LogP contribution in [0.4, 0.5) is 4.39 Å². The number of hydrogen-bond acceptors (Lipinski definition) is 7. The average molecular weight is 608 g/mol. The van der Waals surface area contributed by atoms with Crippen molar-refractivity contribution in [1.29, 1.82) is 0 Å². The molecule has 0 amide bonds. The smallest absolute Gasteiger partial charge is 0.336 e. The van der Waals surface area contributed by atoms with E-state index >= 15 is 0 Å². The number of carbonyl (C=O) groups is 1. The van der Waals surface area contributed by atoms with Crippen molar-refractivity contribution in [3.05, 3.63) is 61.9 Å². The van der Waals surface area contributed by atoms with Crippen LogP contribution in [0, 0.1) is 5.82 Å². The zero-order chi connectivity index (χ0) is 21.1. The van der Waals surface area contributed by atoms with Crippen molar-refractivity contribution < 1.29 is 18.7 Å². The normalized spacial score (nSPS) is 20.2. The maximum atomic E-state index is 13.8. The number of nitrogens with zero attached hydrogens (tertiary/aromatic N) is 2. The van der Waals surface area contributed by atoms with Crippen LogP contribution in [0.3, 0.4) is 0 Å². The first-order chi connectivity index (χ1) is 14.6. The van der Waals surface area contributed by atoms with Crippen LogP contribution in [0.2, 0.25) is 0 Å². The van der Waals surface area contributed by atoms with Crippen LogP contribution in [0.1, 0.15) is 14.5 Å². The topological polar surface area (TPSA) is 63.7 Å². The minimum atomic E-state index is -0.708. The number of benzene rings is 1. The van der Waals surface area contributed by atoms with Crippen molar-refractivity contribution >= 4 is 57.6 Å². The molecule has 0 bridgehead atoms. The van der Waals surface area contributed by atoms with Gasteiger partial charge in [0.25, 0.3) is 0 Å². The second kappa shape index (κ2) is 9.94. The number of aromatic nitrogens is 1. The Morgan fingerprint density at radius 3 is 2.93 bits per heavy atom. The molecular weight excluding hydrogens is 588 g/mol. The predicted molar refractivity (Wildman–Crippen MR) is 127 cm³/mol. The predicted octanol–water partition coefficient (Wildman–Crippen LogP) is 3.60. The molecule has 1 unspecified atom stereocenters. The van der Waals surface area contributed by atoms with Gasteiger partial charge in [0.05, 0.1) is 29.8 Å². The summed E-state index contributed by atoms with van der Waals surface area (Å²) in [5.74, 6) is -0.677. The van der Waals surface area contributed by atoms with Gasteiger partial charge in [-0.25, -0.2) is 14.2 Å². The van der Waals surface area contributed by atoms with Gasteiger partial charge < -0.3 is 14.8 Å². The Labute approximate surface area is 196 Å². The third-order valence-electron chi connectivity index (χ3n) is 4.80. The molecule has 160 valence electrons. The lowest BCUT2D eigenvalue weighted by Crippen LogP contribution is -2.42. The summed E-state index contributed by atoms with van der Waals surface area (Å²) < 4.78 is 25.9. The van der Waals surface area contributed by atoms with Crippen molar-refractivity contribution in [1.82, 2.24) is 15.2 Å². The highest BCUT2D eigenvalue weighted by molar-refractivity contribution is 14.2. The third-order valence-corrected chi connectivity index (χ3v) is 9.97. The van der Waals surface area contributed by atoms with E-state index in [-0.39, 0.29) is 15.7 Å². The number of esters is 1. The van der Waals surface area contributed by atoms with Crippen LogP contribution in [0.25, 0.3) is 0 Å². The maximum absolute atomic E-state index is 13.8. The van der Waals surface area contributed by atoms with Crippen LogP contribution in [-0.2, 0) is 14.3 Å². The minimum absolute atomic E-state index is 0.178. The van der Waals surface area contributed by atoms with Crippen LogP contribution >= 0.6 is 48.0 Å². The second-order valence-corrected chi connectivity index (χ2v) is 11.4. The van der Waals surface area contributed by atoms with E-state index in [2.05, 4.69) is 31.1 Å². The lowest BCUT2D eigenvalue weighted by Gasteiger charge is -2.32. The molecule has 3 heterocycles. The van der Waals surface area contributed by atoms with Crippen molar-refractivity contribution in [3.63, 3.8) is 0 Å². The highest BCUT2D eigenvalue weighted by Crippen LogP contribution is 2.44. The molecule has 1 aromatic carbocycles. The summed E-state index contributed by atoms with van der Waals surface area (Å²) in [6, 6.07) is 4.64. The number of alkyl halides is 1. The second-order valence-electron chi connectivity index (χ2n) is 6.69. The maximum Gasteiger partial charge on any atom is 0.336 e. The summed E-state index contributed by atoms with van der Waals surface area (Å²) in [5, 5.41) is 6.39. The molecule has 0 saturated carbocycles. The Morgan fingerprint density at radius 1 is 1.47 bits per heavy atom. The zero-order valence-corrected chi connectivity index (χ0v) is 20.7. The van der Waals surface area contributed by atoms with E-state index in [9.17, 15) is 9.18 Å². The third kappa shape index (κ3) is 4.82. The van der Waals surface area contributed by atoms with E-state index in [1.165, 1.54) is 19.2 Å². The molecule has 1 N–H and O–H groups in total. The monoisotopic (exact) mass is 607 g/mol. The summed E-state index contributed by atoms with van der Waals surface area (Å²) in [7, 11) is 1.40. The Morgan fingerprint density at radius 2 is 2.27 bits per heavy atom. The molecule has 1 aromatic heterocycles. The molecule has 2 aliphatic rings. The van der Waals surface area contributed by atoms with E-state index in [1.54, 1.807) is 23.6 Å². The van der Waals surface area contributed by atoms with Gasteiger partial charge in [0.2, 0.25) is 0 Å².